The predicted molar refractivity (Wildman–Crippen MR) is 68.0 cm³/mol. The summed E-state index contributed by atoms with van der Waals surface area (Å²) in [6, 6.07) is 0.117. The van der Waals surface area contributed by atoms with Crippen LogP contribution in [-0.2, 0) is 11.2 Å². The van der Waals surface area contributed by atoms with Crippen molar-refractivity contribution < 1.29 is 4.79 Å². The predicted octanol–water partition coefficient (Wildman–Crippen LogP) is 0.903. The first-order chi connectivity index (χ1) is 8.83. The van der Waals surface area contributed by atoms with Crippen LogP contribution in [0, 0.1) is 5.92 Å². The molecule has 0 saturated heterocycles. The van der Waals surface area contributed by atoms with Crippen LogP contribution in [0.2, 0.25) is 0 Å². The van der Waals surface area contributed by atoms with Gasteiger partial charge in [0.2, 0.25) is 5.91 Å². The molecule has 1 saturated carbocycles. The normalized spacial score (nSPS) is 22.6. The molecule has 2 aliphatic carbocycles. The smallest absolute Gasteiger partial charge is 0.234 e. The van der Waals surface area contributed by atoms with Gasteiger partial charge in [-0.25, -0.2) is 0 Å². The second kappa shape index (κ2) is 5.10. The van der Waals surface area contributed by atoms with E-state index in [2.05, 4.69) is 20.8 Å². The van der Waals surface area contributed by atoms with Crippen LogP contribution >= 0.6 is 0 Å². The van der Waals surface area contributed by atoms with Crippen molar-refractivity contribution in [1.29, 1.82) is 0 Å². The molecule has 0 radical (unpaired) electrons. The van der Waals surface area contributed by atoms with Crippen molar-refractivity contribution in [1.82, 2.24) is 20.8 Å². The van der Waals surface area contributed by atoms with E-state index in [1.165, 1.54) is 18.4 Å². The lowest BCUT2D eigenvalue weighted by atomic mass is 9.94. The van der Waals surface area contributed by atoms with Gasteiger partial charge in [0.05, 0.1) is 24.5 Å². The number of nitrogens with one attached hydrogen (secondary N) is 3. The summed E-state index contributed by atoms with van der Waals surface area (Å²) >= 11 is 0. The summed E-state index contributed by atoms with van der Waals surface area (Å²) < 4.78 is 0. The Morgan fingerprint density at radius 1 is 1.44 bits per heavy atom. The Balaban J connectivity index is 1.48. The highest BCUT2D eigenvalue weighted by Gasteiger charge is 2.24. The summed E-state index contributed by atoms with van der Waals surface area (Å²) in [4.78, 5) is 11.8. The Hall–Kier alpha value is -1.36. The second-order valence-corrected chi connectivity index (χ2v) is 5.40. The fraction of sp³-hybridized carbons (Fsp3) is 0.692. The summed E-state index contributed by atoms with van der Waals surface area (Å²) in [7, 11) is 0. The molecule has 1 atom stereocenters. The minimum absolute atomic E-state index is 0.0862. The third-order valence-electron chi connectivity index (χ3n) is 3.79. The Morgan fingerprint density at radius 2 is 2.33 bits per heavy atom. The van der Waals surface area contributed by atoms with Crippen molar-refractivity contribution in [3.05, 3.63) is 17.5 Å². The lowest BCUT2D eigenvalue weighted by molar-refractivity contribution is -0.121. The third kappa shape index (κ3) is 2.72. The maximum Gasteiger partial charge on any atom is 0.234 e. The molecule has 1 aromatic heterocycles. The van der Waals surface area contributed by atoms with Crippen LogP contribution in [0.3, 0.4) is 0 Å². The molecular formula is C13H20N4O. The number of hydrogen-bond donors (Lipinski definition) is 3. The van der Waals surface area contributed by atoms with Gasteiger partial charge >= 0.3 is 0 Å². The lowest BCUT2D eigenvalue weighted by Gasteiger charge is -2.23. The lowest BCUT2D eigenvalue weighted by Crippen LogP contribution is -2.38. The number of carbonyl (C=O) groups is 1. The Kier molecular flexibility index (Phi) is 3.32. The van der Waals surface area contributed by atoms with Gasteiger partial charge < -0.3 is 10.6 Å². The number of nitrogens with zero attached hydrogens (tertiary/aromatic N) is 1. The van der Waals surface area contributed by atoms with Crippen LogP contribution in [0.4, 0.5) is 0 Å². The van der Waals surface area contributed by atoms with Crippen LogP contribution in [-0.4, -0.2) is 29.2 Å². The topological polar surface area (TPSA) is 69.8 Å². The van der Waals surface area contributed by atoms with Crippen molar-refractivity contribution in [2.45, 2.75) is 38.1 Å². The molecule has 0 bridgehead atoms. The van der Waals surface area contributed by atoms with E-state index in [0.717, 1.165) is 37.4 Å². The fourth-order valence-corrected chi connectivity index (χ4v) is 2.56. The van der Waals surface area contributed by atoms with Crippen LogP contribution in [0.15, 0.2) is 6.20 Å². The molecular weight excluding hydrogens is 228 g/mol. The van der Waals surface area contributed by atoms with Gasteiger partial charge in [0, 0.05) is 0 Å². The van der Waals surface area contributed by atoms with Crippen molar-refractivity contribution in [2.24, 2.45) is 5.92 Å². The average molecular weight is 248 g/mol. The van der Waals surface area contributed by atoms with Crippen molar-refractivity contribution in [3.63, 3.8) is 0 Å². The van der Waals surface area contributed by atoms with E-state index in [9.17, 15) is 4.79 Å². The molecule has 1 unspecified atom stereocenters. The quantitative estimate of drug-likeness (QED) is 0.725. The molecule has 2 aliphatic rings. The number of aromatic nitrogens is 2. The molecule has 0 aromatic carbocycles. The van der Waals surface area contributed by atoms with E-state index < -0.39 is 0 Å². The number of aryl methyl sites for hydroxylation is 1. The fourth-order valence-electron chi connectivity index (χ4n) is 2.56. The van der Waals surface area contributed by atoms with Crippen molar-refractivity contribution >= 4 is 5.91 Å². The Morgan fingerprint density at radius 3 is 3.17 bits per heavy atom. The van der Waals surface area contributed by atoms with Crippen LogP contribution in [0.1, 0.15) is 43.0 Å². The van der Waals surface area contributed by atoms with Gasteiger partial charge in [-0.05, 0) is 50.1 Å². The SMILES string of the molecule is O=C(CNCC1CC1)NC1CCCc2cn[nH]c21. The summed E-state index contributed by atoms with van der Waals surface area (Å²) in [5.74, 6) is 0.898. The minimum Gasteiger partial charge on any atom is -0.347 e. The van der Waals surface area contributed by atoms with E-state index in [0.29, 0.717) is 6.54 Å². The van der Waals surface area contributed by atoms with Gasteiger partial charge in [-0.15, -0.1) is 0 Å². The molecule has 1 heterocycles. The van der Waals surface area contributed by atoms with Crippen molar-refractivity contribution in [2.75, 3.05) is 13.1 Å². The van der Waals surface area contributed by atoms with E-state index in [1.54, 1.807) is 0 Å². The molecule has 0 aliphatic heterocycles. The van der Waals surface area contributed by atoms with E-state index in [-0.39, 0.29) is 11.9 Å². The Bertz CT molecular complexity index is 424. The van der Waals surface area contributed by atoms with E-state index in [4.69, 9.17) is 0 Å². The number of carbonyl (C=O) groups excluding carboxylic acids is 1. The van der Waals surface area contributed by atoms with Crippen LogP contribution < -0.4 is 10.6 Å². The zero-order chi connectivity index (χ0) is 12.4. The van der Waals surface area contributed by atoms with Gasteiger partial charge in [0.25, 0.3) is 0 Å². The number of rotatable bonds is 5. The maximum atomic E-state index is 11.8. The molecule has 0 spiro atoms. The zero-order valence-corrected chi connectivity index (χ0v) is 10.5. The van der Waals surface area contributed by atoms with Gasteiger partial charge in [-0.2, -0.15) is 5.10 Å². The van der Waals surface area contributed by atoms with Gasteiger partial charge in [0.15, 0.2) is 0 Å². The second-order valence-electron chi connectivity index (χ2n) is 5.40. The summed E-state index contributed by atoms with van der Waals surface area (Å²) in [6.07, 6.45) is 7.69. The van der Waals surface area contributed by atoms with Gasteiger partial charge in [-0.1, -0.05) is 0 Å². The van der Waals surface area contributed by atoms with Gasteiger partial charge in [0.1, 0.15) is 0 Å². The molecule has 98 valence electrons. The molecule has 1 fully saturated rings. The number of aromatic amines is 1. The Labute approximate surface area is 107 Å². The van der Waals surface area contributed by atoms with Gasteiger partial charge in [-0.3, -0.25) is 9.89 Å². The summed E-state index contributed by atoms with van der Waals surface area (Å²) in [6.45, 7) is 1.41. The van der Waals surface area contributed by atoms with Crippen molar-refractivity contribution in [3.8, 4) is 0 Å². The average Bonchev–Trinajstić information content (AvgIpc) is 3.05. The largest absolute Gasteiger partial charge is 0.347 e. The molecule has 5 heteroatoms. The monoisotopic (exact) mass is 248 g/mol. The first-order valence-corrected chi connectivity index (χ1v) is 6.85. The highest BCUT2D eigenvalue weighted by atomic mass is 16.2. The zero-order valence-electron chi connectivity index (χ0n) is 10.5. The molecule has 3 N–H and O–H groups in total. The first-order valence-electron chi connectivity index (χ1n) is 6.85. The molecule has 1 aromatic rings. The number of hydrogen-bond acceptors (Lipinski definition) is 3. The number of H-pyrrole nitrogens is 1. The molecule has 5 nitrogen and oxygen atoms in total. The van der Waals surface area contributed by atoms with Crippen LogP contribution in [0.25, 0.3) is 0 Å². The molecule has 3 rings (SSSR count). The maximum absolute atomic E-state index is 11.8. The standard InChI is InChI=1S/C13H20N4O/c18-12(8-14-6-9-4-5-9)16-11-3-1-2-10-7-15-17-13(10)11/h7,9,11,14H,1-6,8H2,(H,15,17)(H,16,18). The van der Waals surface area contributed by atoms with Crippen LogP contribution in [0.5, 0.6) is 0 Å². The first kappa shape index (κ1) is 11.7. The highest BCUT2D eigenvalue weighted by molar-refractivity contribution is 5.78. The number of amides is 1. The highest BCUT2D eigenvalue weighted by Crippen LogP contribution is 2.28. The summed E-state index contributed by atoms with van der Waals surface area (Å²) in [5.41, 5.74) is 2.34. The minimum atomic E-state index is 0.0862. The molecule has 18 heavy (non-hydrogen) atoms. The summed E-state index contributed by atoms with van der Waals surface area (Å²) in [5, 5.41) is 13.4. The number of fused-ring (bicyclic) bond motifs is 1. The molecule has 1 amide bonds. The van der Waals surface area contributed by atoms with E-state index >= 15 is 0 Å². The third-order valence-corrected chi connectivity index (χ3v) is 3.79. The van der Waals surface area contributed by atoms with E-state index in [1.807, 2.05) is 6.20 Å².